The van der Waals surface area contributed by atoms with E-state index in [1.807, 2.05) is 27.7 Å². The van der Waals surface area contributed by atoms with Crippen LogP contribution in [0.4, 0.5) is 11.5 Å². The molecule has 0 fully saturated rings. The van der Waals surface area contributed by atoms with Crippen LogP contribution in [0.25, 0.3) is 0 Å². The summed E-state index contributed by atoms with van der Waals surface area (Å²) in [6.45, 7) is 7.92. The van der Waals surface area contributed by atoms with Gasteiger partial charge in [0.15, 0.2) is 5.69 Å². The molecule has 0 spiro atoms. The van der Waals surface area contributed by atoms with Crippen LogP contribution in [0.2, 0.25) is 5.02 Å². The Labute approximate surface area is 135 Å². The summed E-state index contributed by atoms with van der Waals surface area (Å²) in [5, 5.41) is 14.6. The maximum atomic E-state index is 12.2. The number of hydrogen-bond donors (Lipinski definition) is 2. The first-order valence-electron chi connectivity index (χ1n) is 6.95. The largest absolute Gasteiger partial charge is 0.364 e. The number of nitrogens with one attached hydrogen (secondary N) is 2. The lowest BCUT2D eigenvalue weighted by molar-refractivity contribution is 0.102. The summed E-state index contributed by atoms with van der Waals surface area (Å²) in [7, 11) is 0. The molecule has 0 atom stereocenters. The molecule has 0 saturated heterocycles. The molecule has 0 bridgehead atoms. The Morgan fingerprint density at radius 2 is 1.86 bits per heavy atom. The van der Waals surface area contributed by atoms with Gasteiger partial charge >= 0.3 is 0 Å². The molecule has 6 heteroatoms. The lowest BCUT2D eigenvalue weighted by Gasteiger charge is -2.20. The number of anilines is 2. The van der Waals surface area contributed by atoms with Crippen LogP contribution in [-0.2, 0) is 0 Å². The van der Waals surface area contributed by atoms with Gasteiger partial charge in [0.25, 0.3) is 5.91 Å². The zero-order chi connectivity index (χ0) is 16.3. The quantitative estimate of drug-likeness (QED) is 0.900. The Bertz CT molecular complexity index is 678. The van der Waals surface area contributed by atoms with Crippen molar-refractivity contribution in [2.75, 3.05) is 10.6 Å². The maximum Gasteiger partial charge on any atom is 0.276 e. The molecule has 0 aliphatic rings. The minimum absolute atomic E-state index is 0.115. The van der Waals surface area contributed by atoms with E-state index in [-0.39, 0.29) is 17.1 Å². The number of halogens is 1. The maximum absolute atomic E-state index is 12.2. The van der Waals surface area contributed by atoms with E-state index >= 15 is 0 Å². The van der Waals surface area contributed by atoms with Crippen molar-refractivity contribution in [2.24, 2.45) is 0 Å². The second-order valence-electron chi connectivity index (χ2n) is 6.05. The molecule has 116 valence electrons. The SMILES string of the molecule is Cc1c(Cl)cccc1NC(=O)c1ccc(NC(C)(C)C)nn1. The monoisotopic (exact) mass is 318 g/mol. The van der Waals surface area contributed by atoms with Gasteiger partial charge in [-0.05, 0) is 57.5 Å². The van der Waals surface area contributed by atoms with Crippen LogP contribution in [0, 0.1) is 6.92 Å². The highest BCUT2D eigenvalue weighted by molar-refractivity contribution is 6.31. The van der Waals surface area contributed by atoms with Crippen molar-refractivity contribution in [3.63, 3.8) is 0 Å². The van der Waals surface area contributed by atoms with E-state index in [2.05, 4.69) is 20.8 Å². The Kier molecular flexibility index (Phi) is 4.66. The van der Waals surface area contributed by atoms with Crippen molar-refractivity contribution in [1.29, 1.82) is 0 Å². The molecule has 0 saturated carbocycles. The fourth-order valence-corrected chi connectivity index (χ4v) is 2.01. The lowest BCUT2D eigenvalue weighted by Crippen LogP contribution is -2.27. The van der Waals surface area contributed by atoms with Gasteiger partial charge in [0, 0.05) is 16.2 Å². The van der Waals surface area contributed by atoms with Crippen molar-refractivity contribution in [3.8, 4) is 0 Å². The molecule has 1 aromatic carbocycles. The van der Waals surface area contributed by atoms with Gasteiger partial charge in [-0.1, -0.05) is 17.7 Å². The highest BCUT2D eigenvalue weighted by Crippen LogP contribution is 2.23. The summed E-state index contributed by atoms with van der Waals surface area (Å²) in [6.07, 6.45) is 0. The van der Waals surface area contributed by atoms with Crippen molar-refractivity contribution < 1.29 is 4.79 Å². The van der Waals surface area contributed by atoms with Crippen LogP contribution in [0.15, 0.2) is 30.3 Å². The van der Waals surface area contributed by atoms with Gasteiger partial charge in [0.1, 0.15) is 5.82 Å². The molecule has 0 unspecified atom stereocenters. The summed E-state index contributed by atoms with van der Waals surface area (Å²) in [5.74, 6) is 0.308. The predicted molar refractivity (Wildman–Crippen MR) is 89.5 cm³/mol. The minimum atomic E-state index is -0.319. The molecule has 1 heterocycles. The van der Waals surface area contributed by atoms with Gasteiger partial charge in [0.2, 0.25) is 0 Å². The Morgan fingerprint density at radius 1 is 1.14 bits per heavy atom. The molecule has 2 N–H and O–H groups in total. The number of carbonyl (C=O) groups excluding carboxylic acids is 1. The Balaban J connectivity index is 2.12. The van der Waals surface area contributed by atoms with E-state index in [1.54, 1.807) is 30.3 Å². The molecule has 1 amide bonds. The van der Waals surface area contributed by atoms with E-state index in [9.17, 15) is 4.79 Å². The van der Waals surface area contributed by atoms with Crippen LogP contribution < -0.4 is 10.6 Å². The first-order chi connectivity index (χ1) is 10.3. The number of amides is 1. The third kappa shape index (κ3) is 4.18. The molecule has 2 rings (SSSR count). The predicted octanol–water partition coefficient (Wildman–Crippen LogP) is 3.90. The smallest absolute Gasteiger partial charge is 0.276 e. The fourth-order valence-electron chi connectivity index (χ4n) is 1.83. The molecule has 22 heavy (non-hydrogen) atoms. The molecule has 5 nitrogen and oxygen atoms in total. The van der Waals surface area contributed by atoms with Crippen molar-refractivity contribution >= 4 is 29.0 Å². The van der Waals surface area contributed by atoms with Crippen molar-refractivity contribution in [2.45, 2.75) is 33.2 Å². The molecule has 1 aromatic heterocycles. The number of hydrogen-bond acceptors (Lipinski definition) is 4. The van der Waals surface area contributed by atoms with Gasteiger partial charge < -0.3 is 10.6 Å². The molecule has 0 aliphatic heterocycles. The minimum Gasteiger partial charge on any atom is -0.364 e. The molecule has 0 aliphatic carbocycles. The van der Waals surface area contributed by atoms with Gasteiger partial charge in [-0.25, -0.2) is 0 Å². The zero-order valence-corrected chi connectivity index (χ0v) is 13.8. The topological polar surface area (TPSA) is 66.9 Å². The van der Waals surface area contributed by atoms with Crippen molar-refractivity contribution in [3.05, 3.63) is 46.6 Å². The number of benzene rings is 1. The number of carbonyl (C=O) groups is 1. The van der Waals surface area contributed by atoms with Crippen LogP contribution in [-0.4, -0.2) is 21.6 Å². The van der Waals surface area contributed by atoms with E-state index in [1.165, 1.54) is 0 Å². The van der Waals surface area contributed by atoms with E-state index in [0.717, 1.165) is 5.56 Å². The number of rotatable bonds is 3. The average Bonchev–Trinajstić information content (AvgIpc) is 2.43. The molecular formula is C16H19ClN4O. The third-order valence-electron chi connectivity index (χ3n) is 2.92. The number of aromatic nitrogens is 2. The summed E-state index contributed by atoms with van der Waals surface area (Å²) < 4.78 is 0. The first kappa shape index (κ1) is 16.2. The molecule has 0 radical (unpaired) electrons. The molecular weight excluding hydrogens is 300 g/mol. The third-order valence-corrected chi connectivity index (χ3v) is 3.33. The second kappa shape index (κ2) is 6.32. The highest BCUT2D eigenvalue weighted by Gasteiger charge is 2.13. The summed E-state index contributed by atoms with van der Waals surface area (Å²) in [4.78, 5) is 12.2. The second-order valence-corrected chi connectivity index (χ2v) is 6.45. The molecule has 2 aromatic rings. The Morgan fingerprint density at radius 3 is 2.45 bits per heavy atom. The van der Waals surface area contributed by atoms with E-state index in [0.29, 0.717) is 16.5 Å². The summed E-state index contributed by atoms with van der Waals surface area (Å²) in [5.41, 5.74) is 1.61. The van der Waals surface area contributed by atoms with E-state index in [4.69, 9.17) is 11.6 Å². The lowest BCUT2D eigenvalue weighted by atomic mass is 10.1. The standard InChI is InChI=1S/C16H19ClN4O/c1-10-11(17)6-5-7-12(10)18-15(22)13-8-9-14(21-20-13)19-16(2,3)4/h5-9H,1-4H3,(H,18,22)(H,19,21). The highest BCUT2D eigenvalue weighted by atomic mass is 35.5. The first-order valence-corrected chi connectivity index (χ1v) is 7.32. The van der Waals surface area contributed by atoms with Crippen LogP contribution in [0.5, 0.6) is 0 Å². The normalized spacial score (nSPS) is 11.1. The van der Waals surface area contributed by atoms with Crippen LogP contribution >= 0.6 is 11.6 Å². The summed E-state index contributed by atoms with van der Waals surface area (Å²) in [6, 6.07) is 8.72. The van der Waals surface area contributed by atoms with Crippen LogP contribution in [0.3, 0.4) is 0 Å². The Hall–Kier alpha value is -2.14. The van der Waals surface area contributed by atoms with Crippen molar-refractivity contribution in [1.82, 2.24) is 10.2 Å². The van der Waals surface area contributed by atoms with Gasteiger partial charge in [-0.3, -0.25) is 4.79 Å². The van der Waals surface area contributed by atoms with Gasteiger partial charge in [-0.2, -0.15) is 0 Å². The number of nitrogens with zero attached hydrogens (tertiary/aromatic N) is 2. The van der Waals surface area contributed by atoms with Crippen LogP contribution in [0.1, 0.15) is 36.8 Å². The average molecular weight is 319 g/mol. The van der Waals surface area contributed by atoms with Gasteiger partial charge in [-0.15, -0.1) is 10.2 Å². The zero-order valence-electron chi connectivity index (χ0n) is 13.1. The summed E-state index contributed by atoms with van der Waals surface area (Å²) >= 11 is 6.04. The van der Waals surface area contributed by atoms with Gasteiger partial charge in [0.05, 0.1) is 0 Å². The van der Waals surface area contributed by atoms with E-state index < -0.39 is 0 Å². The fraction of sp³-hybridized carbons (Fsp3) is 0.312.